The number of benzene rings is 2. The van der Waals surface area contributed by atoms with Crippen LogP contribution in [-0.2, 0) is 4.79 Å². The van der Waals surface area contributed by atoms with Crippen molar-refractivity contribution in [1.82, 2.24) is 9.80 Å². The lowest BCUT2D eigenvalue weighted by molar-refractivity contribution is -0.133. The van der Waals surface area contributed by atoms with Crippen LogP contribution in [0.5, 0.6) is 0 Å². The molecule has 0 saturated carbocycles. The molecule has 3 rings (SSSR count). The summed E-state index contributed by atoms with van der Waals surface area (Å²) in [4.78, 5) is 17.1. The van der Waals surface area contributed by atoms with E-state index in [1.54, 1.807) is 0 Å². The first kappa shape index (κ1) is 17.0. The number of likely N-dealkylation sites (N-methyl/N-ethyl adjacent to an activating group) is 1. The number of amides is 1. The lowest BCUT2D eigenvalue weighted by Gasteiger charge is -2.33. The predicted molar refractivity (Wildman–Crippen MR) is 98.4 cm³/mol. The molecule has 0 spiro atoms. The summed E-state index contributed by atoms with van der Waals surface area (Å²) in [5, 5.41) is 0.709. The summed E-state index contributed by atoms with van der Waals surface area (Å²) >= 11 is 6.18. The van der Waals surface area contributed by atoms with E-state index in [2.05, 4.69) is 30.1 Å². The highest BCUT2D eigenvalue weighted by Crippen LogP contribution is 2.30. The van der Waals surface area contributed by atoms with Gasteiger partial charge in [0.25, 0.3) is 0 Å². The molecule has 1 aliphatic heterocycles. The topological polar surface area (TPSA) is 23.6 Å². The monoisotopic (exact) mass is 342 g/mol. The highest BCUT2D eigenvalue weighted by Gasteiger charge is 2.24. The summed E-state index contributed by atoms with van der Waals surface area (Å²) in [5.74, 6) is 0.258. The lowest BCUT2D eigenvalue weighted by Crippen LogP contribution is -2.47. The summed E-state index contributed by atoms with van der Waals surface area (Å²) in [7, 11) is 2.10. The lowest BCUT2D eigenvalue weighted by atomic mass is 9.88. The molecule has 1 heterocycles. The first-order chi connectivity index (χ1) is 11.6. The van der Waals surface area contributed by atoms with Crippen LogP contribution in [-0.4, -0.2) is 48.9 Å². The molecule has 1 aliphatic rings. The maximum absolute atomic E-state index is 12.8. The van der Waals surface area contributed by atoms with Crippen LogP contribution in [0.4, 0.5) is 0 Å². The molecule has 1 fully saturated rings. The van der Waals surface area contributed by atoms with Crippen LogP contribution in [0.1, 0.15) is 23.5 Å². The van der Waals surface area contributed by atoms with E-state index >= 15 is 0 Å². The zero-order valence-corrected chi connectivity index (χ0v) is 14.7. The van der Waals surface area contributed by atoms with Gasteiger partial charge >= 0.3 is 0 Å². The highest BCUT2D eigenvalue weighted by atomic mass is 35.5. The Bertz CT molecular complexity index is 681. The van der Waals surface area contributed by atoms with E-state index in [0.717, 1.165) is 37.3 Å². The molecule has 0 aromatic heterocycles. The molecule has 1 saturated heterocycles. The largest absolute Gasteiger partial charge is 0.340 e. The van der Waals surface area contributed by atoms with Crippen molar-refractivity contribution in [1.29, 1.82) is 0 Å². The fourth-order valence-corrected chi connectivity index (χ4v) is 3.40. The minimum Gasteiger partial charge on any atom is -0.340 e. The number of carbonyl (C=O) groups excluding carboxylic acids is 1. The molecular formula is C20H23ClN2O. The van der Waals surface area contributed by atoms with Crippen LogP contribution in [0.25, 0.3) is 0 Å². The van der Waals surface area contributed by atoms with E-state index in [4.69, 9.17) is 11.6 Å². The second-order valence-electron chi connectivity index (χ2n) is 6.41. The Morgan fingerprint density at radius 3 is 2.33 bits per heavy atom. The zero-order chi connectivity index (χ0) is 16.9. The third-order valence-electron chi connectivity index (χ3n) is 4.69. The van der Waals surface area contributed by atoms with Gasteiger partial charge in [-0.3, -0.25) is 4.79 Å². The molecule has 2 aromatic carbocycles. The van der Waals surface area contributed by atoms with E-state index in [1.807, 2.05) is 41.3 Å². The van der Waals surface area contributed by atoms with Crippen LogP contribution in [0.2, 0.25) is 5.02 Å². The summed E-state index contributed by atoms with van der Waals surface area (Å²) in [6.07, 6.45) is 0.480. The fraction of sp³-hybridized carbons (Fsp3) is 0.350. The molecule has 1 atom stereocenters. The maximum atomic E-state index is 12.8. The molecule has 2 aromatic rings. The average molecular weight is 343 g/mol. The number of carbonyl (C=O) groups is 1. The van der Waals surface area contributed by atoms with Crippen LogP contribution >= 0.6 is 11.6 Å². The molecule has 1 amide bonds. The summed E-state index contributed by atoms with van der Waals surface area (Å²) in [6, 6.07) is 18.1. The summed E-state index contributed by atoms with van der Waals surface area (Å²) < 4.78 is 0. The highest BCUT2D eigenvalue weighted by molar-refractivity contribution is 6.30. The third kappa shape index (κ3) is 4.16. The van der Waals surface area contributed by atoms with Gasteiger partial charge < -0.3 is 9.80 Å². The van der Waals surface area contributed by atoms with Gasteiger partial charge in [0.15, 0.2) is 0 Å². The van der Waals surface area contributed by atoms with Crippen LogP contribution in [0, 0.1) is 0 Å². The van der Waals surface area contributed by atoms with Gasteiger partial charge in [-0.15, -0.1) is 0 Å². The normalized spacial score (nSPS) is 16.8. The van der Waals surface area contributed by atoms with E-state index in [9.17, 15) is 4.79 Å². The SMILES string of the molecule is CN1CCN(C(=O)CC(c2ccccc2)c2cccc(Cl)c2)CC1. The summed E-state index contributed by atoms with van der Waals surface area (Å²) in [5.41, 5.74) is 2.25. The molecule has 4 heteroatoms. The number of hydrogen-bond donors (Lipinski definition) is 0. The van der Waals surface area contributed by atoms with Gasteiger partial charge in [-0.25, -0.2) is 0 Å². The molecule has 0 radical (unpaired) electrons. The second-order valence-corrected chi connectivity index (χ2v) is 6.84. The standard InChI is InChI=1S/C20H23ClN2O/c1-22-10-12-23(13-11-22)20(24)15-19(16-6-3-2-4-7-16)17-8-5-9-18(21)14-17/h2-9,14,19H,10-13,15H2,1H3. The molecule has 24 heavy (non-hydrogen) atoms. The van der Waals surface area contributed by atoms with E-state index in [-0.39, 0.29) is 11.8 Å². The van der Waals surface area contributed by atoms with Gasteiger partial charge in [0.2, 0.25) is 5.91 Å². The summed E-state index contributed by atoms with van der Waals surface area (Å²) in [6.45, 7) is 3.51. The number of hydrogen-bond acceptors (Lipinski definition) is 2. The molecule has 0 aliphatic carbocycles. The van der Waals surface area contributed by atoms with E-state index < -0.39 is 0 Å². The maximum Gasteiger partial charge on any atom is 0.223 e. The zero-order valence-electron chi connectivity index (χ0n) is 14.0. The molecular weight excluding hydrogens is 320 g/mol. The van der Waals surface area contributed by atoms with Gasteiger partial charge in [0.1, 0.15) is 0 Å². The van der Waals surface area contributed by atoms with Crippen molar-refractivity contribution in [2.24, 2.45) is 0 Å². The second kappa shape index (κ2) is 7.82. The number of halogens is 1. The molecule has 1 unspecified atom stereocenters. The molecule has 3 nitrogen and oxygen atoms in total. The van der Waals surface area contributed by atoms with Gasteiger partial charge in [0.05, 0.1) is 0 Å². The van der Waals surface area contributed by atoms with Gasteiger partial charge in [0, 0.05) is 43.5 Å². The minimum absolute atomic E-state index is 0.0389. The van der Waals surface area contributed by atoms with Gasteiger partial charge in [-0.1, -0.05) is 54.1 Å². The number of nitrogens with zero attached hydrogens (tertiary/aromatic N) is 2. The quantitative estimate of drug-likeness (QED) is 0.847. The Balaban J connectivity index is 1.81. The van der Waals surface area contributed by atoms with Gasteiger partial charge in [-0.05, 0) is 30.3 Å². The van der Waals surface area contributed by atoms with Crippen molar-refractivity contribution in [2.45, 2.75) is 12.3 Å². The van der Waals surface area contributed by atoms with Gasteiger partial charge in [-0.2, -0.15) is 0 Å². The van der Waals surface area contributed by atoms with Crippen molar-refractivity contribution in [3.63, 3.8) is 0 Å². The molecule has 0 N–H and O–H groups in total. The first-order valence-electron chi connectivity index (χ1n) is 8.40. The Hall–Kier alpha value is -1.84. The Morgan fingerprint density at radius 1 is 1.00 bits per heavy atom. The smallest absolute Gasteiger partial charge is 0.223 e. The van der Waals surface area contributed by atoms with Crippen molar-refractivity contribution in [2.75, 3.05) is 33.2 Å². The van der Waals surface area contributed by atoms with E-state index in [0.29, 0.717) is 11.4 Å². The first-order valence-corrected chi connectivity index (χ1v) is 8.78. The van der Waals surface area contributed by atoms with Crippen molar-refractivity contribution < 1.29 is 4.79 Å². The Labute approximate surface area is 148 Å². The van der Waals surface area contributed by atoms with E-state index in [1.165, 1.54) is 0 Å². The third-order valence-corrected chi connectivity index (χ3v) is 4.92. The van der Waals surface area contributed by atoms with Crippen LogP contribution in [0.15, 0.2) is 54.6 Å². The van der Waals surface area contributed by atoms with Crippen molar-refractivity contribution >= 4 is 17.5 Å². The predicted octanol–water partition coefficient (Wildman–Crippen LogP) is 3.64. The molecule has 126 valence electrons. The number of rotatable bonds is 4. The molecule has 0 bridgehead atoms. The fourth-order valence-electron chi connectivity index (χ4n) is 3.20. The van der Waals surface area contributed by atoms with Crippen molar-refractivity contribution in [3.8, 4) is 0 Å². The number of piperazine rings is 1. The van der Waals surface area contributed by atoms with Crippen molar-refractivity contribution in [3.05, 3.63) is 70.7 Å². The Morgan fingerprint density at radius 2 is 1.67 bits per heavy atom. The Kier molecular flexibility index (Phi) is 5.54. The minimum atomic E-state index is 0.0389. The van der Waals surface area contributed by atoms with Crippen LogP contribution in [0.3, 0.4) is 0 Å². The van der Waals surface area contributed by atoms with Crippen LogP contribution < -0.4 is 0 Å². The average Bonchev–Trinajstić information content (AvgIpc) is 2.61.